The summed E-state index contributed by atoms with van der Waals surface area (Å²) in [5.74, 6) is 1.04. The van der Waals surface area contributed by atoms with E-state index in [9.17, 15) is 9.59 Å². The van der Waals surface area contributed by atoms with Gasteiger partial charge in [-0.15, -0.1) is 11.8 Å². The van der Waals surface area contributed by atoms with Gasteiger partial charge in [-0.2, -0.15) is 0 Å². The molecule has 0 bridgehead atoms. The lowest BCUT2D eigenvalue weighted by molar-refractivity contribution is -0.135. The van der Waals surface area contributed by atoms with Gasteiger partial charge in [0.1, 0.15) is 6.04 Å². The van der Waals surface area contributed by atoms with Crippen LogP contribution < -0.4 is 5.32 Å². The zero-order valence-corrected chi connectivity index (χ0v) is 12.8. The molecule has 0 spiro atoms. The monoisotopic (exact) mass is 282 g/mol. The molecule has 0 saturated carbocycles. The molecule has 2 amide bonds. The lowest BCUT2D eigenvalue weighted by atomic mass is 10.1. The number of thioether (sulfide) groups is 1. The van der Waals surface area contributed by atoms with Crippen LogP contribution in [-0.2, 0) is 9.59 Å². The average Bonchev–Trinajstić information content (AvgIpc) is 2.75. The molecule has 0 aliphatic carbocycles. The van der Waals surface area contributed by atoms with Crippen LogP contribution in [0.15, 0.2) is 24.3 Å². The average molecular weight is 282 g/mol. The SMILES string of the molecule is CC=CC=CC(=O)N1CSCC1C(=O)NC(C)(C)C. The fourth-order valence-corrected chi connectivity index (χ4v) is 2.84. The van der Waals surface area contributed by atoms with Crippen molar-refractivity contribution in [3.63, 3.8) is 0 Å². The van der Waals surface area contributed by atoms with E-state index >= 15 is 0 Å². The van der Waals surface area contributed by atoms with Gasteiger partial charge in [0.25, 0.3) is 0 Å². The van der Waals surface area contributed by atoms with Crippen molar-refractivity contribution < 1.29 is 9.59 Å². The highest BCUT2D eigenvalue weighted by molar-refractivity contribution is 7.99. The van der Waals surface area contributed by atoms with Gasteiger partial charge in [-0.3, -0.25) is 9.59 Å². The van der Waals surface area contributed by atoms with Crippen LogP contribution in [0.1, 0.15) is 27.7 Å². The number of carbonyl (C=O) groups is 2. The van der Waals surface area contributed by atoms with Crippen molar-refractivity contribution in [2.24, 2.45) is 0 Å². The largest absolute Gasteiger partial charge is 0.350 e. The predicted molar refractivity (Wildman–Crippen MR) is 79.8 cm³/mol. The zero-order chi connectivity index (χ0) is 14.5. The van der Waals surface area contributed by atoms with Crippen molar-refractivity contribution in [3.8, 4) is 0 Å². The maximum atomic E-state index is 12.1. The molecule has 1 fully saturated rings. The number of hydrogen-bond donors (Lipinski definition) is 1. The second-order valence-corrected chi connectivity index (χ2v) is 6.45. The fraction of sp³-hybridized carbons (Fsp3) is 0.571. The molecule has 1 unspecified atom stereocenters. The molecular weight excluding hydrogens is 260 g/mol. The molecule has 1 rings (SSSR count). The summed E-state index contributed by atoms with van der Waals surface area (Å²) in [5.41, 5.74) is -0.278. The Hall–Kier alpha value is -1.23. The summed E-state index contributed by atoms with van der Waals surface area (Å²) in [7, 11) is 0. The van der Waals surface area contributed by atoms with E-state index in [0.717, 1.165) is 0 Å². The fourth-order valence-electron chi connectivity index (χ4n) is 1.67. The maximum Gasteiger partial charge on any atom is 0.247 e. The van der Waals surface area contributed by atoms with Crippen molar-refractivity contribution in [2.45, 2.75) is 39.3 Å². The third-order valence-corrected chi connectivity index (χ3v) is 3.52. The number of allylic oxidation sites excluding steroid dienone is 3. The molecule has 1 aliphatic heterocycles. The highest BCUT2D eigenvalue weighted by atomic mass is 32.2. The van der Waals surface area contributed by atoms with Gasteiger partial charge in [0.15, 0.2) is 0 Å². The minimum absolute atomic E-state index is 0.0784. The summed E-state index contributed by atoms with van der Waals surface area (Å²) in [6.07, 6.45) is 6.85. The lowest BCUT2D eigenvalue weighted by Crippen LogP contribution is -2.52. The molecule has 1 N–H and O–H groups in total. The van der Waals surface area contributed by atoms with Crippen LogP contribution in [0.5, 0.6) is 0 Å². The van der Waals surface area contributed by atoms with Gasteiger partial charge in [0.05, 0.1) is 5.88 Å². The minimum atomic E-state index is -0.369. The first-order valence-electron chi connectivity index (χ1n) is 6.35. The van der Waals surface area contributed by atoms with Gasteiger partial charge < -0.3 is 10.2 Å². The Balaban J connectivity index is 2.68. The molecule has 19 heavy (non-hydrogen) atoms. The molecule has 0 aromatic rings. The number of amides is 2. The topological polar surface area (TPSA) is 49.4 Å². The predicted octanol–water partition coefficient (Wildman–Crippen LogP) is 1.93. The zero-order valence-electron chi connectivity index (χ0n) is 12.0. The quantitative estimate of drug-likeness (QED) is 0.635. The van der Waals surface area contributed by atoms with Crippen LogP contribution in [0.4, 0.5) is 0 Å². The summed E-state index contributed by atoms with van der Waals surface area (Å²) in [5, 5.41) is 2.93. The lowest BCUT2D eigenvalue weighted by Gasteiger charge is -2.27. The van der Waals surface area contributed by atoms with Crippen LogP contribution in [0.25, 0.3) is 0 Å². The number of carbonyl (C=O) groups excluding carboxylic acids is 2. The molecule has 0 aromatic carbocycles. The third-order valence-electron chi connectivity index (χ3n) is 2.51. The molecular formula is C14H22N2O2S. The highest BCUT2D eigenvalue weighted by Crippen LogP contribution is 2.22. The molecule has 1 aliphatic rings. The summed E-state index contributed by atoms with van der Waals surface area (Å²) in [4.78, 5) is 25.8. The van der Waals surface area contributed by atoms with Crippen LogP contribution in [0, 0.1) is 0 Å². The van der Waals surface area contributed by atoms with Crippen molar-refractivity contribution in [1.82, 2.24) is 10.2 Å². The van der Waals surface area contributed by atoms with Crippen LogP contribution in [0.2, 0.25) is 0 Å². The first-order valence-corrected chi connectivity index (χ1v) is 7.50. The van der Waals surface area contributed by atoms with Gasteiger partial charge in [-0.05, 0) is 27.7 Å². The van der Waals surface area contributed by atoms with Crippen LogP contribution in [0.3, 0.4) is 0 Å². The number of hydrogen-bond acceptors (Lipinski definition) is 3. The molecule has 5 heteroatoms. The first kappa shape index (κ1) is 15.8. The molecule has 4 nitrogen and oxygen atoms in total. The Morgan fingerprint density at radius 1 is 1.32 bits per heavy atom. The van der Waals surface area contributed by atoms with Crippen molar-refractivity contribution in [2.75, 3.05) is 11.6 Å². The summed E-state index contributed by atoms with van der Waals surface area (Å²) in [6.45, 7) is 7.70. The van der Waals surface area contributed by atoms with Gasteiger partial charge >= 0.3 is 0 Å². The molecule has 1 saturated heterocycles. The van der Waals surface area contributed by atoms with E-state index in [4.69, 9.17) is 0 Å². The van der Waals surface area contributed by atoms with Crippen molar-refractivity contribution >= 4 is 23.6 Å². The Labute approximate surface area is 119 Å². The third kappa shape index (κ3) is 5.11. The second-order valence-electron chi connectivity index (χ2n) is 5.45. The molecule has 0 aromatic heterocycles. The van der Waals surface area contributed by atoms with E-state index in [2.05, 4.69) is 5.32 Å². The van der Waals surface area contributed by atoms with Gasteiger partial charge in [-0.25, -0.2) is 0 Å². The van der Waals surface area contributed by atoms with Crippen LogP contribution >= 0.6 is 11.8 Å². The summed E-state index contributed by atoms with van der Waals surface area (Å²) in [6, 6.07) is -0.369. The normalized spacial score (nSPS) is 20.4. The number of nitrogens with one attached hydrogen (secondary N) is 1. The molecule has 106 valence electrons. The van der Waals surface area contributed by atoms with E-state index in [1.807, 2.05) is 33.8 Å². The van der Waals surface area contributed by atoms with Gasteiger partial charge in [0.2, 0.25) is 11.8 Å². The van der Waals surface area contributed by atoms with E-state index in [-0.39, 0.29) is 23.4 Å². The second kappa shape index (κ2) is 6.80. The first-order chi connectivity index (χ1) is 8.85. The van der Waals surface area contributed by atoms with Gasteiger partial charge in [0, 0.05) is 17.4 Å². The standard InChI is InChI=1S/C14H22N2O2S/c1-5-6-7-8-12(17)16-10-19-9-11(16)13(18)15-14(2,3)4/h5-8,11H,9-10H2,1-4H3,(H,15,18). The minimum Gasteiger partial charge on any atom is -0.350 e. The molecule has 1 heterocycles. The Morgan fingerprint density at radius 2 is 2.00 bits per heavy atom. The Bertz CT molecular complexity index is 397. The van der Waals surface area contributed by atoms with E-state index in [1.54, 1.807) is 28.8 Å². The molecule has 0 radical (unpaired) electrons. The summed E-state index contributed by atoms with van der Waals surface area (Å²) < 4.78 is 0. The van der Waals surface area contributed by atoms with Crippen LogP contribution in [-0.4, -0.2) is 39.9 Å². The highest BCUT2D eigenvalue weighted by Gasteiger charge is 2.34. The maximum absolute atomic E-state index is 12.1. The van der Waals surface area contributed by atoms with E-state index in [1.165, 1.54) is 6.08 Å². The number of rotatable bonds is 3. The number of nitrogens with zero attached hydrogens (tertiary/aromatic N) is 1. The Morgan fingerprint density at radius 3 is 2.58 bits per heavy atom. The van der Waals surface area contributed by atoms with Crippen molar-refractivity contribution in [1.29, 1.82) is 0 Å². The Kier molecular flexibility index (Phi) is 5.66. The van der Waals surface area contributed by atoms with Gasteiger partial charge in [-0.1, -0.05) is 18.2 Å². The smallest absolute Gasteiger partial charge is 0.247 e. The summed E-state index contributed by atoms with van der Waals surface area (Å²) >= 11 is 1.60. The molecule has 1 atom stereocenters. The van der Waals surface area contributed by atoms with Crippen molar-refractivity contribution in [3.05, 3.63) is 24.3 Å². The van der Waals surface area contributed by atoms with E-state index < -0.39 is 0 Å². The van der Waals surface area contributed by atoms with E-state index in [0.29, 0.717) is 11.6 Å².